The smallest absolute Gasteiger partial charge is 0.407 e. The number of amides is 1. The molecule has 1 N–H and O–H groups in total. The molecule has 0 aromatic rings. The highest BCUT2D eigenvalue weighted by Crippen LogP contribution is 2.21. The van der Waals surface area contributed by atoms with Gasteiger partial charge in [-0.1, -0.05) is 118 Å². The van der Waals surface area contributed by atoms with Gasteiger partial charge in [0, 0.05) is 0 Å². The van der Waals surface area contributed by atoms with Crippen LogP contribution in [0.1, 0.15) is 124 Å². The van der Waals surface area contributed by atoms with Crippen LogP contribution in [0.4, 0.5) is 4.79 Å². The van der Waals surface area contributed by atoms with E-state index in [1.807, 2.05) is 20.8 Å². The van der Waals surface area contributed by atoms with Gasteiger partial charge in [-0.15, -0.1) is 0 Å². The summed E-state index contributed by atoms with van der Waals surface area (Å²) in [6, 6.07) is -0.707. The van der Waals surface area contributed by atoms with Crippen molar-refractivity contribution < 1.29 is 19.1 Å². The number of ether oxygens (including phenoxy) is 2. The van der Waals surface area contributed by atoms with Crippen LogP contribution in [-0.2, 0) is 14.3 Å². The predicted molar refractivity (Wildman–Crippen MR) is 125 cm³/mol. The summed E-state index contributed by atoms with van der Waals surface area (Å²) in [5, 5.41) is 2.58. The number of carbonyl (C=O) groups excluding carboxylic acids is 2. The molecule has 0 saturated carbocycles. The van der Waals surface area contributed by atoms with E-state index in [-0.39, 0.29) is 0 Å². The molecule has 0 fully saturated rings. The first-order valence-corrected chi connectivity index (χ1v) is 12.3. The fourth-order valence-electron chi connectivity index (χ4n) is 3.54. The number of esters is 1. The fraction of sp³-hybridized carbons (Fsp3) is 0.920. The second kappa shape index (κ2) is 18.5. The summed E-state index contributed by atoms with van der Waals surface area (Å²) >= 11 is 0. The van der Waals surface area contributed by atoms with Crippen molar-refractivity contribution in [2.45, 2.75) is 130 Å². The molecule has 0 aromatic heterocycles. The molecule has 0 bridgehead atoms. The molecule has 1 unspecified atom stereocenters. The van der Waals surface area contributed by atoms with Gasteiger partial charge in [0.05, 0.1) is 13.7 Å². The Kier molecular flexibility index (Phi) is 17.7. The fourth-order valence-corrected chi connectivity index (χ4v) is 3.54. The minimum Gasteiger partial charge on any atom is -0.464 e. The van der Waals surface area contributed by atoms with Crippen LogP contribution in [0, 0.1) is 5.41 Å². The van der Waals surface area contributed by atoms with Gasteiger partial charge in [-0.25, -0.2) is 9.59 Å². The second-order valence-corrected chi connectivity index (χ2v) is 9.55. The Balaban J connectivity index is 3.57. The monoisotopic (exact) mass is 427 g/mol. The molecular weight excluding hydrogens is 378 g/mol. The Hall–Kier alpha value is -1.26. The van der Waals surface area contributed by atoms with Gasteiger partial charge in [-0.2, -0.15) is 0 Å². The number of nitrogens with one attached hydrogen (secondary N) is 1. The maximum absolute atomic E-state index is 12.3. The van der Waals surface area contributed by atoms with Crippen LogP contribution in [0.25, 0.3) is 0 Å². The molecule has 0 radical (unpaired) electrons. The van der Waals surface area contributed by atoms with Gasteiger partial charge < -0.3 is 14.8 Å². The highest BCUT2D eigenvalue weighted by Gasteiger charge is 2.34. The van der Waals surface area contributed by atoms with Crippen molar-refractivity contribution in [1.29, 1.82) is 0 Å². The summed E-state index contributed by atoms with van der Waals surface area (Å²) in [5.74, 6) is -0.390. The van der Waals surface area contributed by atoms with Crippen LogP contribution < -0.4 is 5.32 Å². The molecule has 5 nitrogen and oxygen atoms in total. The number of alkyl carbamates (subject to hydrolysis) is 1. The van der Waals surface area contributed by atoms with Gasteiger partial charge >= 0.3 is 12.1 Å². The highest BCUT2D eigenvalue weighted by atomic mass is 16.5. The van der Waals surface area contributed by atoms with E-state index in [4.69, 9.17) is 4.74 Å². The maximum Gasteiger partial charge on any atom is 0.407 e. The van der Waals surface area contributed by atoms with E-state index in [0.717, 1.165) is 12.8 Å². The lowest BCUT2D eigenvalue weighted by atomic mass is 9.87. The molecule has 1 amide bonds. The van der Waals surface area contributed by atoms with Crippen molar-refractivity contribution in [3.63, 3.8) is 0 Å². The first-order chi connectivity index (χ1) is 14.3. The zero-order valence-corrected chi connectivity index (χ0v) is 20.5. The number of unbranched alkanes of at least 4 members (excludes halogenated alkanes) is 14. The molecule has 178 valence electrons. The van der Waals surface area contributed by atoms with Crippen molar-refractivity contribution in [1.82, 2.24) is 5.32 Å². The Labute approximate surface area is 186 Å². The minimum atomic E-state index is -0.707. The summed E-state index contributed by atoms with van der Waals surface area (Å²) in [7, 11) is 1.29. The van der Waals surface area contributed by atoms with Crippen LogP contribution in [0.2, 0.25) is 0 Å². The molecule has 0 spiro atoms. The average Bonchev–Trinajstić information content (AvgIpc) is 2.70. The average molecular weight is 428 g/mol. The summed E-state index contributed by atoms with van der Waals surface area (Å²) in [6.45, 7) is 8.35. The Morgan fingerprint density at radius 3 is 1.50 bits per heavy atom. The minimum absolute atomic E-state index is 0.390. The number of rotatable bonds is 18. The van der Waals surface area contributed by atoms with Crippen LogP contribution in [0.15, 0.2) is 0 Å². The third kappa shape index (κ3) is 16.5. The van der Waals surface area contributed by atoms with Crippen molar-refractivity contribution >= 4 is 12.1 Å². The van der Waals surface area contributed by atoms with Crippen molar-refractivity contribution in [3.8, 4) is 0 Å². The highest BCUT2D eigenvalue weighted by molar-refractivity contribution is 5.82. The maximum atomic E-state index is 12.3. The molecule has 1 atom stereocenters. The first-order valence-electron chi connectivity index (χ1n) is 12.3. The van der Waals surface area contributed by atoms with Crippen molar-refractivity contribution in [2.75, 3.05) is 13.7 Å². The van der Waals surface area contributed by atoms with Crippen LogP contribution in [-0.4, -0.2) is 31.8 Å². The van der Waals surface area contributed by atoms with E-state index < -0.39 is 23.5 Å². The van der Waals surface area contributed by atoms with Gasteiger partial charge in [-0.3, -0.25) is 0 Å². The van der Waals surface area contributed by atoms with Crippen molar-refractivity contribution in [2.24, 2.45) is 5.41 Å². The molecule has 0 saturated heterocycles. The van der Waals surface area contributed by atoms with Crippen LogP contribution in [0.5, 0.6) is 0 Å². The van der Waals surface area contributed by atoms with Gasteiger partial charge in [-0.05, 0) is 11.8 Å². The molecule has 0 rings (SSSR count). The van der Waals surface area contributed by atoms with E-state index >= 15 is 0 Å². The SMILES string of the molecule is CCCCCCCCCCCCCCCCCOC(=O)C(NC(=O)OC)C(C)(C)C. The van der Waals surface area contributed by atoms with Gasteiger partial charge in [0.2, 0.25) is 0 Å². The molecule has 0 aliphatic heterocycles. The second-order valence-electron chi connectivity index (χ2n) is 9.55. The summed E-state index contributed by atoms with van der Waals surface area (Å²) in [6.07, 6.45) is 19.0. The number of carbonyl (C=O) groups is 2. The lowest BCUT2D eigenvalue weighted by Crippen LogP contribution is -2.49. The molecule has 30 heavy (non-hydrogen) atoms. The largest absolute Gasteiger partial charge is 0.464 e. The molecule has 0 aliphatic carbocycles. The van der Waals surface area contributed by atoms with Crippen LogP contribution >= 0.6 is 0 Å². The summed E-state index contributed by atoms with van der Waals surface area (Å²) in [4.78, 5) is 23.8. The molecule has 0 aliphatic rings. The standard InChI is InChI=1S/C25H49NO4/c1-6-7-8-9-10-11-12-13-14-15-16-17-18-19-20-21-30-23(27)22(25(2,3)4)26-24(28)29-5/h22H,6-21H2,1-5H3,(H,26,28). The summed E-state index contributed by atoms with van der Waals surface area (Å²) < 4.78 is 9.98. The molecular formula is C25H49NO4. The van der Waals surface area contributed by atoms with Gasteiger partial charge in [0.25, 0.3) is 0 Å². The Morgan fingerprint density at radius 2 is 1.13 bits per heavy atom. The van der Waals surface area contributed by atoms with E-state index in [1.165, 1.54) is 90.6 Å². The normalized spacial score (nSPS) is 12.4. The quantitative estimate of drug-likeness (QED) is 0.186. The zero-order valence-electron chi connectivity index (χ0n) is 20.5. The third-order valence-corrected chi connectivity index (χ3v) is 5.54. The number of methoxy groups -OCH3 is 1. The first kappa shape index (κ1) is 28.7. The lowest BCUT2D eigenvalue weighted by Gasteiger charge is -2.28. The zero-order chi connectivity index (χ0) is 22.7. The van der Waals surface area contributed by atoms with E-state index in [0.29, 0.717) is 6.61 Å². The summed E-state index contributed by atoms with van der Waals surface area (Å²) in [5.41, 5.74) is -0.430. The molecule has 5 heteroatoms. The van der Waals surface area contributed by atoms with E-state index in [2.05, 4.69) is 17.0 Å². The van der Waals surface area contributed by atoms with E-state index in [9.17, 15) is 9.59 Å². The third-order valence-electron chi connectivity index (χ3n) is 5.54. The predicted octanol–water partition coefficient (Wildman–Crippen LogP) is 7.17. The van der Waals surface area contributed by atoms with Crippen LogP contribution in [0.3, 0.4) is 0 Å². The number of hydrogen-bond donors (Lipinski definition) is 1. The van der Waals surface area contributed by atoms with E-state index in [1.54, 1.807) is 0 Å². The lowest BCUT2D eigenvalue weighted by molar-refractivity contribution is -0.149. The van der Waals surface area contributed by atoms with Gasteiger partial charge in [0.1, 0.15) is 6.04 Å². The van der Waals surface area contributed by atoms with Gasteiger partial charge in [0.15, 0.2) is 0 Å². The number of hydrogen-bond acceptors (Lipinski definition) is 4. The Bertz CT molecular complexity index is 431. The van der Waals surface area contributed by atoms with Crippen molar-refractivity contribution in [3.05, 3.63) is 0 Å². The molecule has 0 aromatic carbocycles. The topological polar surface area (TPSA) is 64.6 Å². The Morgan fingerprint density at radius 1 is 0.733 bits per heavy atom. The molecule has 0 heterocycles.